The van der Waals surface area contributed by atoms with E-state index in [1.807, 2.05) is 13.0 Å². The number of aliphatic hydroxyl groups is 2. The van der Waals surface area contributed by atoms with Crippen LogP contribution in [0, 0.1) is 5.92 Å². The summed E-state index contributed by atoms with van der Waals surface area (Å²) in [6.45, 7) is 2.32. The van der Waals surface area contributed by atoms with Crippen LogP contribution in [-0.4, -0.2) is 41.5 Å². The van der Waals surface area contributed by atoms with Gasteiger partial charge in [0, 0.05) is 18.6 Å². The second kappa shape index (κ2) is 6.72. The molecule has 5 nitrogen and oxygen atoms in total. The van der Waals surface area contributed by atoms with Gasteiger partial charge in [-0.25, -0.2) is 0 Å². The summed E-state index contributed by atoms with van der Waals surface area (Å²) in [5.41, 5.74) is 0.497. The molecule has 0 heterocycles. The molecule has 5 heteroatoms. The molecule has 1 aromatic carbocycles. The zero-order valence-electron chi connectivity index (χ0n) is 11.6. The van der Waals surface area contributed by atoms with Crippen molar-refractivity contribution >= 4 is 5.91 Å². The molecule has 0 unspecified atom stereocenters. The predicted octanol–water partition coefficient (Wildman–Crippen LogP) is 0.947. The fourth-order valence-electron chi connectivity index (χ4n) is 2.62. The molecular formula is C15H21NO4. The van der Waals surface area contributed by atoms with Crippen molar-refractivity contribution in [3.63, 3.8) is 0 Å². The summed E-state index contributed by atoms with van der Waals surface area (Å²) in [4.78, 5) is 12.3. The lowest BCUT2D eigenvalue weighted by atomic mass is 10.1. The van der Waals surface area contributed by atoms with E-state index in [1.54, 1.807) is 18.2 Å². The van der Waals surface area contributed by atoms with Crippen LogP contribution in [0.3, 0.4) is 0 Å². The number of hydrogen-bond acceptors (Lipinski definition) is 4. The zero-order chi connectivity index (χ0) is 14.5. The third-order valence-corrected chi connectivity index (χ3v) is 3.66. The molecule has 0 aliphatic heterocycles. The molecule has 3 atom stereocenters. The van der Waals surface area contributed by atoms with Crippen LogP contribution in [0.25, 0.3) is 0 Å². The molecule has 0 aromatic heterocycles. The van der Waals surface area contributed by atoms with Gasteiger partial charge in [0.1, 0.15) is 5.75 Å². The maximum Gasteiger partial charge on any atom is 0.255 e. The standard InChI is InChI=1S/C15H21NO4/c1-2-20-14-6-4-3-5-12(14)15(19)16-11-7-10(9-17)13(18)8-11/h3-6,10-11,13,17-18H,2,7-9H2,1H3,(H,16,19)/t10-,11-,13+/m0/s1. The van der Waals surface area contributed by atoms with E-state index in [2.05, 4.69) is 5.32 Å². The molecular weight excluding hydrogens is 258 g/mol. The van der Waals surface area contributed by atoms with Crippen molar-refractivity contribution in [1.82, 2.24) is 5.32 Å². The van der Waals surface area contributed by atoms with Crippen molar-refractivity contribution in [2.45, 2.75) is 31.9 Å². The lowest BCUT2D eigenvalue weighted by Crippen LogP contribution is -2.33. The highest BCUT2D eigenvalue weighted by atomic mass is 16.5. The first-order chi connectivity index (χ1) is 9.65. The number of hydrogen-bond donors (Lipinski definition) is 3. The Hall–Kier alpha value is -1.59. The Kier molecular flexibility index (Phi) is 4.98. The number of benzene rings is 1. The Bertz CT molecular complexity index is 463. The molecule has 1 aliphatic rings. The van der Waals surface area contributed by atoms with Crippen LogP contribution in [0.5, 0.6) is 5.75 Å². The number of amides is 1. The van der Waals surface area contributed by atoms with Gasteiger partial charge in [-0.1, -0.05) is 12.1 Å². The molecule has 1 aromatic rings. The van der Waals surface area contributed by atoms with Gasteiger partial charge in [0.2, 0.25) is 0 Å². The fraction of sp³-hybridized carbons (Fsp3) is 0.533. The summed E-state index contributed by atoms with van der Waals surface area (Å²) in [5.74, 6) is 0.206. The van der Waals surface area contributed by atoms with Crippen LogP contribution >= 0.6 is 0 Å². The summed E-state index contributed by atoms with van der Waals surface area (Å²) in [5, 5.41) is 21.8. The number of carbonyl (C=O) groups excluding carboxylic acids is 1. The minimum atomic E-state index is -0.549. The molecule has 0 radical (unpaired) electrons. The summed E-state index contributed by atoms with van der Waals surface area (Å²) in [7, 11) is 0. The number of nitrogens with one attached hydrogen (secondary N) is 1. The minimum Gasteiger partial charge on any atom is -0.493 e. The van der Waals surface area contributed by atoms with Gasteiger partial charge in [0.25, 0.3) is 5.91 Å². The minimum absolute atomic E-state index is 0.0525. The monoisotopic (exact) mass is 279 g/mol. The third kappa shape index (κ3) is 3.29. The van der Waals surface area contributed by atoms with Gasteiger partial charge >= 0.3 is 0 Å². The van der Waals surface area contributed by atoms with Crippen LogP contribution < -0.4 is 10.1 Å². The van der Waals surface area contributed by atoms with Crippen molar-refractivity contribution < 1.29 is 19.7 Å². The average molecular weight is 279 g/mol. The molecule has 0 bridgehead atoms. The molecule has 0 spiro atoms. The molecule has 1 saturated carbocycles. The van der Waals surface area contributed by atoms with Gasteiger partial charge in [-0.3, -0.25) is 4.79 Å². The van der Waals surface area contributed by atoms with Crippen molar-refractivity contribution in [2.75, 3.05) is 13.2 Å². The Balaban J connectivity index is 2.02. The quantitative estimate of drug-likeness (QED) is 0.749. The Morgan fingerprint density at radius 3 is 2.80 bits per heavy atom. The predicted molar refractivity (Wildman–Crippen MR) is 74.7 cm³/mol. The number of ether oxygens (including phenoxy) is 1. The molecule has 1 fully saturated rings. The first-order valence-electron chi connectivity index (χ1n) is 6.97. The second-order valence-electron chi connectivity index (χ2n) is 5.08. The second-order valence-corrected chi connectivity index (χ2v) is 5.08. The van der Waals surface area contributed by atoms with E-state index in [-0.39, 0.29) is 24.5 Å². The van der Waals surface area contributed by atoms with Crippen molar-refractivity contribution in [3.8, 4) is 5.75 Å². The highest BCUT2D eigenvalue weighted by Crippen LogP contribution is 2.26. The fourth-order valence-corrected chi connectivity index (χ4v) is 2.62. The van der Waals surface area contributed by atoms with Crippen LogP contribution in [0.2, 0.25) is 0 Å². The highest BCUT2D eigenvalue weighted by molar-refractivity contribution is 5.97. The van der Waals surface area contributed by atoms with Crippen molar-refractivity contribution in [1.29, 1.82) is 0 Å². The number of rotatable bonds is 5. The van der Waals surface area contributed by atoms with Crippen LogP contribution in [0.15, 0.2) is 24.3 Å². The van der Waals surface area contributed by atoms with Gasteiger partial charge in [0.15, 0.2) is 0 Å². The largest absolute Gasteiger partial charge is 0.493 e. The molecule has 1 aliphatic carbocycles. The van der Waals surface area contributed by atoms with Gasteiger partial charge < -0.3 is 20.3 Å². The normalized spacial score (nSPS) is 25.4. The van der Waals surface area contributed by atoms with Gasteiger partial charge in [-0.05, 0) is 31.9 Å². The van der Waals surface area contributed by atoms with E-state index < -0.39 is 6.10 Å². The number of aliphatic hydroxyl groups excluding tert-OH is 2. The van der Waals surface area contributed by atoms with Crippen molar-refractivity contribution in [3.05, 3.63) is 29.8 Å². The SMILES string of the molecule is CCOc1ccccc1C(=O)N[C@H]1C[C@@H](CO)[C@H](O)C1. The summed E-state index contributed by atoms with van der Waals surface area (Å²) in [6.07, 6.45) is 0.529. The molecule has 3 N–H and O–H groups in total. The Morgan fingerprint density at radius 1 is 1.40 bits per heavy atom. The lowest BCUT2D eigenvalue weighted by molar-refractivity contribution is 0.0903. The average Bonchev–Trinajstić information content (AvgIpc) is 2.79. The van der Waals surface area contributed by atoms with Crippen LogP contribution in [-0.2, 0) is 0 Å². The molecule has 0 saturated heterocycles. The Morgan fingerprint density at radius 2 is 2.15 bits per heavy atom. The zero-order valence-corrected chi connectivity index (χ0v) is 11.6. The first kappa shape index (κ1) is 14.8. The van der Waals surface area contributed by atoms with E-state index >= 15 is 0 Å². The smallest absolute Gasteiger partial charge is 0.255 e. The van der Waals surface area contributed by atoms with Crippen LogP contribution in [0.4, 0.5) is 0 Å². The molecule has 20 heavy (non-hydrogen) atoms. The topological polar surface area (TPSA) is 78.8 Å². The summed E-state index contributed by atoms with van der Waals surface area (Å²) >= 11 is 0. The third-order valence-electron chi connectivity index (χ3n) is 3.66. The van der Waals surface area contributed by atoms with E-state index in [1.165, 1.54) is 0 Å². The Labute approximate surface area is 118 Å². The lowest BCUT2D eigenvalue weighted by Gasteiger charge is -2.14. The first-order valence-corrected chi connectivity index (χ1v) is 6.97. The van der Waals surface area contributed by atoms with E-state index in [0.29, 0.717) is 30.8 Å². The summed E-state index contributed by atoms with van der Waals surface area (Å²) in [6, 6.07) is 6.98. The number of carbonyl (C=O) groups is 1. The van der Waals surface area contributed by atoms with Gasteiger partial charge in [-0.2, -0.15) is 0 Å². The molecule has 1 amide bonds. The summed E-state index contributed by atoms with van der Waals surface area (Å²) < 4.78 is 5.44. The maximum absolute atomic E-state index is 12.3. The maximum atomic E-state index is 12.3. The van der Waals surface area contributed by atoms with Crippen molar-refractivity contribution in [2.24, 2.45) is 5.92 Å². The van der Waals surface area contributed by atoms with Crippen LogP contribution in [0.1, 0.15) is 30.1 Å². The van der Waals surface area contributed by atoms with Gasteiger partial charge in [-0.15, -0.1) is 0 Å². The van der Waals surface area contributed by atoms with Gasteiger partial charge in [0.05, 0.1) is 18.3 Å². The molecule has 2 rings (SSSR count). The van der Waals surface area contributed by atoms with E-state index in [4.69, 9.17) is 9.84 Å². The van der Waals surface area contributed by atoms with E-state index in [0.717, 1.165) is 0 Å². The number of para-hydroxylation sites is 1. The molecule has 110 valence electrons. The van der Waals surface area contributed by atoms with E-state index in [9.17, 15) is 9.90 Å². The highest BCUT2D eigenvalue weighted by Gasteiger charge is 2.33.